The molecule has 11 nitrogen and oxygen atoms in total. The molecule has 39 heavy (non-hydrogen) atoms. The lowest BCUT2D eigenvalue weighted by Crippen LogP contribution is -2.59. The zero-order chi connectivity index (χ0) is 28.6. The van der Waals surface area contributed by atoms with Crippen LogP contribution in [0.5, 0.6) is 0 Å². The molecule has 5 amide bonds. The van der Waals surface area contributed by atoms with E-state index in [1.807, 2.05) is 32.9 Å². The Morgan fingerprint density at radius 3 is 2.46 bits per heavy atom. The predicted molar refractivity (Wildman–Crippen MR) is 146 cm³/mol. The highest BCUT2D eigenvalue weighted by Crippen LogP contribution is 2.46. The van der Waals surface area contributed by atoms with Crippen molar-refractivity contribution in [3.63, 3.8) is 0 Å². The van der Waals surface area contributed by atoms with Crippen LogP contribution in [-0.2, 0) is 24.4 Å². The smallest absolute Gasteiger partial charge is 0.318 e. The Morgan fingerprint density at radius 1 is 1.08 bits per heavy atom. The zero-order valence-corrected chi connectivity index (χ0v) is 24.3. The first-order valence-electron chi connectivity index (χ1n) is 14.2. The Hall–Kier alpha value is -2.63. The number of sulfonamides is 1. The van der Waals surface area contributed by atoms with E-state index < -0.39 is 50.2 Å². The molecule has 12 heteroatoms. The summed E-state index contributed by atoms with van der Waals surface area (Å²) in [7, 11) is -2.09. The summed E-state index contributed by atoms with van der Waals surface area (Å²) in [4.78, 5) is 56.6. The number of fused-ring (bicyclic) bond motifs is 2. The average Bonchev–Trinajstić information content (AvgIpc) is 3.77. The van der Waals surface area contributed by atoms with Crippen LogP contribution in [0.2, 0.25) is 0 Å². The molecule has 3 fully saturated rings. The van der Waals surface area contributed by atoms with Crippen LogP contribution in [0.15, 0.2) is 12.2 Å². The number of nitrogens with one attached hydrogen (secondary N) is 3. The monoisotopic (exact) mass is 565 g/mol. The van der Waals surface area contributed by atoms with E-state index in [-0.39, 0.29) is 17.9 Å². The number of rotatable bonds is 4. The maximum absolute atomic E-state index is 13.7. The molecular formula is C27H43N5O6S. The lowest BCUT2D eigenvalue weighted by atomic mass is 10.0. The summed E-state index contributed by atoms with van der Waals surface area (Å²) in [6.07, 6.45) is 9.95. The third-order valence-corrected chi connectivity index (χ3v) is 10.3. The molecule has 3 N–H and O–H groups in total. The number of urea groups is 1. The molecule has 0 spiro atoms. The van der Waals surface area contributed by atoms with Crippen molar-refractivity contribution >= 4 is 33.8 Å². The van der Waals surface area contributed by atoms with Crippen LogP contribution in [0.3, 0.4) is 0 Å². The Labute approximate surface area is 231 Å². The van der Waals surface area contributed by atoms with Gasteiger partial charge in [0, 0.05) is 25.0 Å². The van der Waals surface area contributed by atoms with Gasteiger partial charge in [-0.25, -0.2) is 13.2 Å². The molecule has 4 unspecified atom stereocenters. The van der Waals surface area contributed by atoms with Gasteiger partial charge in [-0.3, -0.25) is 19.1 Å². The number of hydrogen-bond donors (Lipinski definition) is 3. The minimum atomic E-state index is -3.78. The first kappa shape index (κ1) is 29.4. The summed E-state index contributed by atoms with van der Waals surface area (Å²) < 4.78 is 27.2. The van der Waals surface area contributed by atoms with Crippen molar-refractivity contribution in [3.8, 4) is 0 Å². The number of carbonyl (C=O) groups is 4. The van der Waals surface area contributed by atoms with Crippen LogP contribution >= 0.6 is 0 Å². The number of amides is 5. The van der Waals surface area contributed by atoms with E-state index in [4.69, 9.17) is 0 Å². The third-order valence-electron chi connectivity index (χ3n) is 8.44. The van der Waals surface area contributed by atoms with E-state index in [9.17, 15) is 27.6 Å². The number of hydrogen-bond acceptors (Lipinski definition) is 6. The van der Waals surface area contributed by atoms with Crippen LogP contribution in [0.25, 0.3) is 0 Å². The second-order valence-electron chi connectivity index (χ2n) is 12.4. The number of allylic oxidation sites excluding steroid dienone is 1. The van der Waals surface area contributed by atoms with E-state index in [0.29, 0.717) is 45.1 Å². The highest BCUT2D eigenvalue weighted by atomic mass is 32.2. The molecule has 2 heterocycles. The summed E-state index contributed by atoms with van der Waals surface area (Å²) in [5, 5.41) is 5.19. The van der Waals surface area contributed by atoms with Gasteiger partial charge >= 0.3 is 6.03 Å². The first-order chi connectivity index (χ1) is 18.3. The number of nitrogens with zero attached hydrogens (tertiary/aromatic N) is 2. The molecule has 0 radical (unpaired) electrons. The molecule has 0 aromatic heterocycles. The minimum Gasteiger partial charge on any atom is -0.339 e. The largest absolute Gasteiger partial charge is 0.339 e. The quantitative estimate of drug-likeness (QED) is 0.443. The molecule has 4 rings (SSSR count). The average molecular weight is 566 g/mol. The molecule has 4 atom stereocenters. The standard InChI is InChI=1S/C27H43N5O6S/c1-26(2,3)31(4)25(36)28-20-12-9-7-5-6-8-11-18-17-27(18,24(35)30-39(37,38)19-14-15-19)29-22(33)21-13-10-16-32(21)23(20)34/h8,11,18-21H,5-7,9-10,12-17H2,1-4H3,(H,28,36)(H,29,33)(H,30,35). The maximum atomic E-state index is 13.7. The molecule has 0 aromatic rings. The Morgan fingerprint density at radius 2 is 1.79 bits per heavy atom. The van der Waals surface area contributed by atoms with Crippen molar-refractivity contribution in [2.75, 3.05) is 13.6 Å². The highest BCUT2D eigenvalue weighted by molar-refractivity contribution is 7.91. The molecule has 2 saturated carbocycles. The summed E-state index contributed by atoms with van der Waals surface area (Å²) >= 11 is 0. The fourth-order valence-corrected chi connectivity index (χ4v) is 6.69. The van der Waals surface area contributed by atoms with Gasteiger partial charge in [0.1, 0.15) is 17.6 Å². The number of carbonyl (C=O) groups excluding carboxylic acids is 4. The van der Waals surface area contributed by atoms with E-state index >= 15 is 0 Å². The summed E-state index contributed by atoms with van der Waals surface area (Å²) in [5.41, 5.74) is -1.78. The van der Waals surface area contributed by atoms with E-state index in [2.05, 4.69) is 15.4 Å². The van der Waals surface area contributed by atoms with E-state index in [1.54, 1.807) is 11.9 Å². The zero-order valence-electron chi connectivity index (χ0n) is 23.5. The van der Waals surface area contributed by atoms with Crippen molar-refractivity contribution in [1.29, 1.82) is 0 Å². The van der Waals surface area contributed by atoms with Crippen molar-refractivity contribution in [1.82, 2.24) is 25.2 Å². The second-order valence-corrected chi connectivity index (χ2v) is 14.4. The Balaban J connectivity index is 1.55. The van der Waals surface area contributed by atoms with Crippen molar-refractivity contribution < 1.29 is 27.6 Å². The molecule has 2 aliphatic heterocycles. The summed E-state index contributed by atoms with van der Waals surface area (Å²) in [6, 6.07) is -1.92. The molecule has 4 aliphatic rings. The van der Waals surface area contributed by atoms with Crippen LogP contribution in [-0.4, -0.2) is 84.0 Å². The fourth-order valence-electron chi connectivity index (χ4n) is 5.33. The highest BCUT2D eigenvalue weighted by Gasteiger charge is 2.61. The summed E-state index contributed by atoms with van der Waals surface area (Å²) in [5.74, 6) is -1.81. The van der Waals surface area contributed by atoms with E-state index in [1.165, 1.54) is 4.90 Å². The van der Waals surface area contributed by atoms with Gasteiger partial charge in [-0.1, -0.05) is 25.0 Å². The lowest BCUT2D eigenvalue weighted by Gasteiger charge is -2.35. The van der Waals surface area contributed by atoms with Crippen LogP contribution in [0.4, 0.5) is 4.79 Å². The molecule has 0 bridgehead atoms. The molecule has 2 aliphatic carbocycles. The first-order valence-corrected chi connectivity index (χ1v) is 15.7. The topological polar surface area (TPSA) is 145 Å². The maximum Gasteiger partial charge on any atom is 0.318 e. The van der Waals surface area contributed by atoms with Crippen molar-refractivity contribution in [2.45, 2.75) is 113 Å². The van der Waals surface area contributed by atoms with Gasteiger partial charge in [0.05, 0.1) is 5.25 Å². The summed E-state index contributed by atoms with van der Waals surface area (Å²) in [6.45, 7) is 6.10. The fraction of sp³-hybridized carbons (Fsp3) is 0.778. The van der Waals surface area contributed by atoms with Gasteiger partial charge in [0.25, 0.3) is 5.91 Å². The van der Waals surface area contributed by atoms with Crippen molar-refractivity contribution in [2.24, 2.45) is 5.92 Å². The lowest BCUT2D eigenvalue weighted by molar-refractivity contribution is -0.141. The Kier molecular flexibility index (Phi) is 8.35. The van der Waals surface area contributed by atoms with Crippen LogP contribution in [0, 0.1) is 5.92 Å². The van der Waals surface area contributed by atoms with Crippen LogP contribution in [0.1, 0.15) is 85.0 Å². The van der Waals surface area contributed by atoms with Gasteiger partial charge in [-0.15, -0.1) is 0 Å². The van der Waals surface area contributed by atoms with Crippen molar-refractivity contribution in [3.05, 3.63) is 12.2 Å². The Bertz CT molecular complexity index is 1130. The predicted octanol–water partition coefficient (Wildman–Crippen LogP) is 1.79. The SMILES string of the molecule is CN(C(=O)NC1CCCCCC=CC2CC2(C(=O)NS(=O)(=O)C2CC2)NC(=O)C2CCCN2C1=O)C(C)(C)C. The normalized spacial score (nSPS) is 30.3. The third kappa shape index (κ3) is 6.58. The van der Waals surface area contributed by atoms with Gasteiger partial charge in [-0.2, -0.15) is 0 Å². The molecule has 1 saturated heterocycles. The van der Waals surface area contributed by atoms with E-state index in [0.717, 1.165) is 25.7 Å². The van der Waals surface area contributed by atoms with Gasteiger partial charge in [0.2, 0.25) is 21.8 Å². The molecular weight excluding hydrogens is 522 g/mol. The van der Waals surface area contributed by atoms with Gasteiger partial charge in [-0.05, 0) is 72.1 Å². The van der Waals surface area contributed by atoms with Crippen LogP contribution < -0.4 is 15.4 Å². The van der Waals surface area contributed by atoms with Gasteiger partial charge in [0.15, 0.2) is 0 Å². The van der Waals surface area contributed by atoms with Gasteiger partial charge < -0.3 is 20.4 Å². The minimum absolute atomic E-state index is 0.305. The molecule has 218 valence electrons. The second kappa shape index (κ2) is 11.1. The molecule has 0 aromatic carbocycles.